The first kappa shape index (κ1) is 15.0. The molecule has 0 saturated heterocycles. The minimum atomic E-state index is -0.966. The molecule has 0 aliphatic heterocycles. The second-order valence-corrected chi connectivity index (χ2v) is 4.89. The second-order valence-electron chi connectivity index (χ2n) is 4.49. The van der Waals surface area contributed by atoms with Crippen molar-refractivity contribution in [2.24, 2.45) is 0 Å². The molecule has 2 aromatic rings. The maximum Gasteiger partial charge on any atom is 0.307 e. The van der Waals surface area contributed by atoms with Gasteiger partial charge >= 0.3 is 5.97 Å². The van der Waals surface area contributed by atoms with Crippen LogP contribution in [0.2, 0.25) is 5.02 Å². The molecule has 1 aromatic carbocycles. The van der Waals surface area contributed by atoms with E-state index in [1.54, 1.807) is 37.3 Å². The Morgan fingerprint density at radius 2 is 2.05 bits per heavy atom. The number of aliphatic carboxylic acids is 1. The normalized spacial score (nSPS) is 10.2. The molecule has 2 rings (SSSR count). The molecule has 5 nitrogen and oxygen atoms in total. The van der Waals surface area contributed by atoms with Crippen molar-refractivity contribution < 1.29 is 14.7 Å². The molecule has 2 N–H and O–H groups in total. The van der Waals surface area contributed by atoms with Crippen LogP contribution in [0.25, 0.3) is 0 Å². The van der Waals surface area contributed by atoms with Gasteiger partial charge in [0.1, 0.15) is 0 Å². The van der Waals surface area contributed by atoms with Gasteiger partial charge in [0, 0.05) is 17.6 Å². The number of carboxylic acids is 1. The third-order valence-corrected chi connectivity index (χ3v) is 3.15. The van der Waals surface area contributed by atoms with Gasteiger partial charge in [0.25, 0.3) is 5.91 Å². The average molecular weight is 305 g/mol. The SMILES string of the molecule is Cc1cc(Cl)c(C(=O)Nc2ccccc2CC(=O)O)cn1. The number of pyridine rings is 1. The predicted octanol–water partition coefficient (Wildman–Crippen LogP) is 2.92. The lowest BCUT2D eigenvalue weighted by Crippen LogP contribution is -2.15. The number of hydrogen-bond donors (Lipinski definition) is 2. The van der Waals surface area contributed by atoms with Gasteiger partial charge in [-0.3, -0.25) is 14.6 Å². The Labute approximate surface area is 126 Å². The monoisotopic (exact) mass is 304 g/mol. The number of nitrogens with zero attached hydrogens (tertiary/aromatic N) is 1. The van der Waals surface area contributed by atoms with Crippen molar-refractivity contribution in [2.45, 2.75) is 13.3 Å². The number of aromatic nitrogens is 1. The fourth-order valence-electron chi connectivity index (χ4n) is 1.84. The van der Waals surface area contributed by atoms with Gasteiger partial charge in [0.05, 0.1) is 17.0 Å². The van der Waals surface area contributed by atoms with Crippen LogP contribution in [0, 0.1) is 6.92 Å². The third kappa shape index (κ3) is 3.79. The topological polar surface area (TPSA) is 79.3 Å². The molecule has 0 radical (unpaired) electrons. The van der Waals surface area contributed by atoms with Gasteiger partial charge in [-0.25, -0.2) is 0 Å². The van der Waals surface area contributed by atoms with Crippen LogP contribution in [0.15, 0.2) is 36.5 Å². The minimum Gasteiger partial charge on any atom is -0.481 e. The van der Waals surface area contributed by atoms with E-state index in [0.717, 1.165) is 0 Å². The molecule has 0 aliphatic rings. The maximum atomic E-state index is 12.2. The summed E-state index contributed by atoms with van der Waals surface area (Å²) < 4.78 is 0. The number of carboxylic acid groups (broad SMARTS) is 1. The van der Waals surface area contributed by atoms with E-state index in [0.29, 0.717) is 22.0 Å². The van der Waals surface area contributed by atoms with Crippen molar-refractivity contribution in [3.63, 3.8) is 0 Å². The molecule has 0 saturated carbocycles. The number of hydrogen-bond acceptors (Lipinski definition) is 3. The van der Waals surface area contributed by atoms with Crippen LogP contribution in [-0.4, -0.2) is 22.0 Å². The first-order valence-electron chi connectivity index (χ1n) is 6.20. The smallest absolute Gasteiger partial charge is 0.307 e. The van der Waals surface area contributed by atoms with Gasteiger partial charge in [-0.15, -0.1) is 0 Å². The van der Waals surface area contributed by atoms with Crippen molar-refractivity contribution in [3.8, 4) is 0 Å². The van der Waals surface area contributed by atoms with Crippen LogP contribution in [0.1, 0.15) is 21.6 Å². The fraction of sp³-hybridized carbons (Fsp3) is 0.133. The van der Waals surface area contributed by atoms with E-state index < -0.39 is 11.9 Å². The Hall–Kier alpha value is -2.40. The number of anilines is 1. The number of aryl methyl sites for hydroxylation is 1. The van der Waals surface area contributed by atoms with Gasteiger partial charge in [-0.05, 0) is 24.6 Å². The Bertz CT molecular complexity index is 701. The molecule has 0 unspecified atom stereocenters. The standard InChI is InChI=1S/C15H13ClN2O3/c1-9-6-12(16)11(8-17-9)15(21)18-13-5-3-2-4-10(13)7-14(19)20/h2-6,8H,7H2,1H3,(H,18,21)(H,19,20). The highest BCUT2D eigenvalue weighted by Gasteiger charge is 2.14. The van der Waals surface area contributed by atoms with Crippen LogP contribution in [0.5, 0.6) is 0 Å². The lowest BCUT2D eigenvalue weighted by atomic mass is 10.1. The summed E-state index contributed by atoms with van der Waals surface area (Å²) in [5.74, 6) is -1.39. The number of rotatable bonds is 4. The Balaban J connectivity index is 2.25. The summed E-state index contributed by atoms with van der Waals surface area (Å²) in [6.07, 6.45) is 1.23. The number of para-hydroxylation sites is 1. The summed E-state index contributed by atoms with van der Waals surface area (Å²) in [5.41, 5.74) is 1.92. The van der Waals surface area contributed by atoms with Crippen LogP contribution in [-0.2, 0) is 11.2 Å². The zero-order valence-electron chi connectivity index (χ0n) is 11.3. The van der Waals surface area contributed by atoms with E-state index in [1.807, 2.05) is 0 Å². The number of amides is 1. The van der Waals surface area contributed by atoms with E-state index >= 15 is 0 Å². The maximum absolute atomic E-state index is 12.2. The highest BCUT2D eigenvalue weighted by Crippen LogP contribution is 2.20. The zero-order chi connectivity index (χ0) is 15.4. The number of halogens is 1. The van der Waals surface area contributed by atoms with Crippen LogP contribution in [0.3, 0.4) is 0 Å². The summed E-state index contributed by atoms with van der Waals surface area (Å²) >= 11 is 6.02. The molecule has 21 heavy (non-hydrogen) atoms. The number of benzene rings is 1. The van der Waals surface area contributed by atoms with E-state index in [-0.39, 0.29) is 12.0 Å². The molecule has 0 aliphatic carbocycles. The van der Waals surface area contributed by atoms with Gasteiger partial charge < -0.3 is 10.4 Å². The van der Waals surface area contributed by atoms with Crippen molar-refractivity contribution in [1.82, 2.24) is 4.98 Å². The zero-order valence-corrected chi connectivity index (χ0v) is 12.0. The predicted molar refractivity (Wildman–Crippen MR) is 79.7 cm³/mol. The van der Waals surface area contributed by atoms with E-state index in [9.17, 15) is 9.59 Å². The van der Waals surface area contributed by atoms with Crippen molar-refractivity contribution >= 4 is 29.2 Å². The Morgan fingerprint density at radius 1 is 1.33 bits per heavy atom. The van der Waals surface area contributed by atoms with Crippen molar-refractivity contribution in [2.75, 3.05) is 5.32 Å². The summed E-state index contributed by atoms with van der Waals surface area (Å²) in [4.78, 5) is 27.1. The molecule has 108 valence electrons. The van der Waals surface area contributed by atoms with Gasteiger partial charge in [0.2, 0.25) is 0 Å². The fourth-order valence-corrected chi connectivity index (χ4v) is 2.14. The molecule has 0 bridgehead atoms. The van der Waals surface area contributed by atoms with Crippen molar-refractivity contribution in [1.29, 1.82) is 0 Å². The highest BCUT2D eigenvalue weighted by molar-refractivity contribution is 6.34. The molecule has 0 spiro atoms. The average Bonchev–Trinajstić information content (AvgIpc) is 2.40. The van der Waals surface area contributed by atoms with Crippen molar-refractivity contribution in [3.05, 3.63) is 58.4 Å². The van der Waals surface area contributed by atoms with Gasteiger partial charge in [-0.2, -0.15) is 0 Å². The van der Waals surface area contributed by atoms with Crippen LogP contribution in [0.4, 0.5) is 5.69 Å². The van der Waals surface area contributed by atoms with Crippen LogP contribution < -0.4 is 5.32 Å². The van der Waals surface area contributed by atoms with E-state index in [4.69, 9.17) is 16.7 Å². The summed E-state index contributed by atoms with van der Waals surface area (Å²) in [5, 5.41) is 11.8. The Kier molecular flexibility index (Phi) is 4.55. The van der Waals surface area contributed by atoms with Crippen LogP contribution >= 0.6 is 11.6 Å². The molecule has 0 atom stereocenters. The first-order chi connectivity index (χ1) is 9.97. The summed E-state index contributed by atoms with van der Waals surface area (Å²) in [6, 6.07) is 8.33. The van der Waals surface area contributed by atoms with E-state index in [2.05, 4.69) is 10.3 Å². The van der Waals surface area contributed by atoms with Gasteiger partial charge in [-0.1, -0.05) is 29.8 Å². The quantitative estimate of drug-likeness (QED) is 0.910. The molecule has 1 amide bonds. The number of carbonyl (C=O) groups excluding carboxylic acids is 1. The van der Waals surface area contributed by atoms with E-state index in [1.165, 1.54) is 6.20 Å². The Morgan fingerprint density at radius 3 is 2.71 bits per heavy atom. The highest BCUT2D eigenvalue weighted by atomic mass is 35.5. The summed E-state index contributed by atoms with van der Waals surface area (Å²) in [7, 11) is 0. The summed E-state index contributed by atoms with van der Waals surface area (Å²) in [6.45, 7) is 1.77. The molecule has 1 aromatic heterocycles. The van der Waals surface area contributed by atoms with Gasteiger partial charge in [0.15, 0.2) is 0 Å². The lowest BCUT2D eigenvalue weighted by molar-refractivity contribution is -0.136. The molecule has 0 fully saturated rings. The molecular formula is C15H13ClN2O3. The minimum absolute atomic E-state index is 0.170. The molecule has 6 heteroatoms. The largest absolute Gasteiger partial charge is 0.481 e. The number of nitrogens with one attached hydrogen (secondary N) is 1. The molecular weight excluding hydrogens is 292 g/mol. The molecule has 1 heterocycles. The second kappa shape index (κ2) is 6.37. The number of carbonyl (C=O) groups is 2. The third-order valence-electron chi connectivity index (χ3n) is 2.84. The lowest BCUT2D eigenvalue weighted by Gasteiger charge is -2.10. The first-order valence-corrected chi connectivity index (χ1v) is 6.58.